The second-order valence-electron chi connectivity index (χ2n) is 15.6. The van der Waals surface area contributed by atoms with E-state index < -0.39 is 25.8 Å². The van der Waals surface area contributed by atoms with Crippen molar-refractivity contribution in [1.29, 1.82) is 0 Å². The van der Waals surface area contributed by atoms with Crippen LogP contribution in [0.25, 0.3) is 56.0 Å². The van der Waals surface area contributed by atoms with E-state index in [0.29, 0.717) is 19.1 Å². The van der Waals surface area contributed by atoms with E-state index in [4.69, 9.17) is 0 Å². The second-order valence-corrected chi connectivity index (χ2v) is 33.5. The van der Waals surface area contributed by atoms with E-state index in [1.807, 2.05) is 0 Å². The summed E-state index contributed by atoms with van der Waals surface area (Å²) in [6, 6.07) is 46.1. The van der Waals surface area contributed by atoms with Gasteiger partial charge in [-0.1, -0.05) is 0 Å². The van der Waals surface area contributed by atoms with Gasteiger partial charge in [-0.3, -0.25) is 0 Å². The summed E-state index contributed by atoms with van der Waals surface area (Å²) in [5.74, 6) is 1.26. The summed E-state index contributed by atoms with van der Waals surface area (Å²) >= 11 is -2.33. The van der Waals surface area contributed by atoms with Crippen molar-refractivity contribution in [1.82, 2.24) is 0 Å². The van der Waals surface area contributed by atoms with Gasteiger partial charge in [-0.15, -0.1) is 24.8 Å². The van der Waals surface area contributed by atoms with Gasteiger partial charge >= 0.3 is 309 Å². The Labute approximate surface area is 331 Å². The summed E-state index contributed by atoms with van der Waals surface area (Å²) in [6.07, 6.45) is 7.73. The maximum absolute atomic E-state index is 2.68. The van der Waals surface area contributed by atoms with Crippen LogP contribution in [0, 0.1) is 11.8 Å². The summed E-state index contributed by atoms with van der Waals surface area (Å²) < 4.78 is 1.22. The Bertz CT molecular complexity index is 2210. The van der Waals surface area contributed by atoms with Gasteiger partial charge in [0, 0.05) is 0 Å². The molecule has 6 aromatic carbocycles. The molecule has 0 amide bonds. The normalized spacial score (nSPS) is 15.9. The third-order valence-electron chi connectivity index (χ3n) is 10.9. The van der Waals surface area contributed by atoms with Gasteiger partial charge in [-0.25, -0.2) is 0 Å². The molecule has 6 aromatic rings. The number of halogens is 2. The van der Waals surface area contributed by atoms with Crippen molar-refractivity contribution >= 4 is 63.9 Å². The molecule has 0 aromatic heterocycles. The van der Waals surface area contributed by atoms with Crippen molar-refractivity contribution in [3.05, 3.63) is 155 Å². The predicted octanol–water partition coefficient (Wildman–Crippen LogP) is 14.7. The number of allylic oxidation sites excluding steroid dienone is 2. The fourth-order valence-electron chi connectivity index (χ4n) is 9.09. The maximum Gasteiger partial charge on any atom is -0.147 e. The van der Waals surface area contributed by atoms with E-state index in [2.05, 4.69) is 174 Å². The number of hydrogen-bond acceptors (Lipinski definition) is 0. The van der Waals surface area contributed by atoms with Gasteiger partial charge in [0.1, 0.15) is 0 Å². The van der Waals surface area contributed by atoms with Gasteiger partial charge in [0.05, 0.1) is 0 Å². The number of rotatable bonds is 8. The number of fused-ring (bicyclic) bond motifs is 4. The van der Waals surface area contributed by atoms with Gasteiger partial charge in [-0.2, -0.15) is 0 Å². The molecule has 0 fully saturated rings. The van der Waals surface area contributed by atoms with Crippen molar-refractivity contribution in [2.45, 2.75) is 60.9 Å². The minimum Gasteiger partial charge on any atom is -0.147 e. The molecule has 0 heterocycles. The average molecular weight is 817 g/mol. The molecule has 2 aliphatic rings. The Morgan fingerprint density at radius 3 is 1.25 bits per heavy atom. The molecule has 0 N–H and O–H groups in total. The second kappa shape index (κ2) is 16.2. The van der Waals surface area contributed by atoms with E-state index in [-0.39, 0.29) is 24.8 Å². The SMILES string of the molecule is CC(C)CC1=Cc2c(-c3cccc4ccccc34)cccc2[CH]1[Zr]([CH]1C(CC(C)C)=Cc2c(-c3cccc4ccccc34)cccc21)=[Si](C)C.Cl.Cl. The summed E-state index contributed by atoms with van der Waals surface area (Å²) in [6.45, 7) is 15.0. The molecule has 264 valence electrons. The molecule has 0 spiro atoms. The fourth-order valence-corrected chi connectivity index (χ4v) is 29.5. The molecule has 0 bridgehead atoms. The minimum atomic E-state index is -2.33. The van der Waals surface area contributed by atoms with Gasteiger partial charge < -0.3 is 0 Å². The van der Waals surface area contributed by atoms with Gasteiger partial charge in [0.25, 0.3) is 0 Å². The average Bonchev–Trinajstić information content (AvgIpc) is 3.65. The van der Waals surface area contributed by atoms with Crippen LogP contribution in [0.1, 0.15) is 70.0 Å². The Balaban J connectivity index is 0.00000232. The predicted molar refractivity (Wildman–Crippen MR) is 231 cm³/mol. The van der Waals surface area contributed by atoms with Crippen LogP contribution in [0.2, 0.25) is 13.1 Å². The van der Waals surface area contributed by atoms with E-state index in [9.17, 15) is 0 Å². The van der Waals surface area contributed by atoms with E-state index >= 15 is 0 Å². The maximum atomic E-state index is 2.68. The summed E-state index contributed by atoms with van der Waals surface area (Å²) in [7, 11) is 0. The van der Waals surface area contributed by atoms with Crippen LogP contribution in [0.4, 0.5) is 0 Å². The minimum absolute atomic E-state index is 0. The standard InChI is InChI=1S/2C23H21.C2H6Si.2ClH.Zr/c2*1-16(2)13-17-14-19-9-6-12-22(23(19)15-17)21-11-5-8-18-7-3-4-10-20(18)21;1-3-2;;;/h2*3-12,14-16H,13H2,1-2H3;1-2H3;2*1H;. The zero-order valence-electron chi connectivity index (χ0n) is 31.2. The van der Waals surface area contributed by atoms with Crippen molar-refractivity contribution in [3.8, 4) is 22.3 Å². The Morgan fingerprint density at radius 2 is 0.846 bits per heavy atom. The summed E-state index contributed by atoms with van der Waals surface area (Å²) in [5.41, 5.74) is 14.7. The van der Waals surface area contributed by atoms with Crippen LogP contribution in [0.5, 0.6) is 0 Å². The molecule has 0 saturated heterocycles. The van der Waals surface area contributed by atoms with Crippen molar-refractivity contribution in [3.63, 3.8) is 0 Å². The Hall–Kier alpha value is -3.00. The van der Waals surface area contributed by atoms with E-state index in [0.717, 1.165) is 0 Å². The molecular formula is C48H50Cl2SiZr. The molecule has 0 nitrogen and oxygen atoms in total. The first-order valence-corrected chi connectivity index (χ1v) is 27.6. The molecule has 52 heavy (non-hydrogen) atoms. The molecule has 0 radical (unpaired) electrons. The van der Waals surface area contributed by atoms with E-state index in [1.165, 1.54) is 67.8 Å². The van der Waals surface area contributed by atoms with Gasteiger partial charge in [0.15, 0.2) is 0 Å². The first-order chi connectivity index (χ1) is 24.3. The van der Waals surface area contributed by atoms with Crippen molar-refractivity contribution in [2.75, 3.05) is 0 Å². The first-order valence-electron chi connectivity index (χ1n) is 18.6. The molecule has 4 heteroatoms. The zero-order valence-corrected chi connectivity index (χ0v) is 36.3. The quantitative estimate of drug-likeness (QED) is 0.134. The van der Waals surface area contributed by atoms with Gasteiger partial charge in [-0.05, 0) is 0 Å². The Kier molecular flexibility index (Phi) is 12.0. The molecule has 8 rings (SSSR count). The molecule has 2 atom stereocenters. The van der Waals surface area contributed by atoms with Crippen LogP contribution in [-0.4, -0.2) is 5.43 Å². The smallest absolute Gasteiger partial charge is 0.147 e. The third kappa shape index (κ3) is 7.02. The molecule has 2 aliphatic carbocycles. The Morgan fingerprint density at radius 1 is 0.481 bits per heavy atom. The molecule has 2 unspecified atom stereocenters. The van der Waals surface area contributed by atoms with Crippen LogP contribution < -0.4 is 0 Å². The van der Waals surface area contributed by atoms with E-state index in [1.54, 1.807) is 22.3 Å². The third-order valence-corrected chi connectivity index (χ3v) is 30.4. The topological polar surface area (TPSA) is 0 Å². The number of benzene rings is 6. The van der Waals surface area contributed by atoms with Crippen LogP contribution in [0.3, 0.4) is 0 Å². The summed E-state index contributed by atoms with van der Waals surface area (Å²) in [5, 5.41) is 5.35. The van der Waals surface area contributed by atoms with Crippen LogP contribution in [-0.2, 0) is 20.4 Å². The van der Waals surface area contributed by atoms with Crippen LogP contribution >= 0.6 is 24.8 Å². The van der Waals surface area contributed by atoms with Crippen molar-refractivity contribution < 1.29 is 20.4 Å². The first kappa shape index (κ1) is 38.7. The monoisotopic (exact) mass is 814 g/mol. The van der Waals surface area contributed by atoms with Gasteiger partial charge in [0.2, 0.25) is 0 Å². The van der Waals surface area contributed by atoms with Crippen LogP contribution in [0.15, 0.2) is 132 Å². The number of hydrogen-bond donors (Lipinski definition) is 0. The summed E-state index contributed by atoms with van der Waals surface area (Å²) in [4.78, 5) is 0. The molecule has 0 saturated carbocycles. The molecular weight excluding hydrogens is 767 g/mol. The largest absolute Gasteiger partial charge is 0.147 e. The molecule has 0 aliphatic heterocycles. The zero-order chi connectivity index (χ0) is 34.5. The van der Waals surface area contributed by atoms with Crippen molar-refractivity contribution in [2.24, 2.45) is 11.8 Å². The fraction of sp³-hybridized carbons (Fsp3) is 0.250.